The summed E-state index contributed by atoms with van der Waals surface area (Å²) >= 11 is 5.64. The molecule has 2 aromatic rings. The largest absolute Gasteiger partial charge is 0.417 e. The fraction of sp³-hybridized carbons (Fsp3) is 0.125. The maximum Gasteiger partial charge on any atom is 0.417 e. The summed E-state index contributed by atoms with van der Waals surface area (Å²) in [5, 5.41) is -1.17. The van der Waals surface area contributed by atoms with Gasteiger partial charge in [-0.3, -0.25) is 9.59 Å². The third-order valence-electron chi connectivity index (χ3n) is 3.72. The topological polar surface area (TPSA) is 37.4 Å². The molecule has 1 heterocycles. The van der Waals surface area contributed by atoms with Crippen LogP contribution >= 0.6 is 11.6 Å². The molecule has 0 spiro atoms. The van der Waals surface area contributed by atoms with E-state index in [1.165, 1.54) is 24.3 Å². The standard InChI is InChI=1S/C16H6ClF6NO2/c17-12-10(16(21,22)23)5-7(15(18,19)20)6-11(12)24-13(25)8-3-1-2-4-9(8)14(24)26/h1-6H. The number of nitrogens with zero attached hydrogens (tertiary/aromatic N) is 1. The summed E-state index contributed by atoms with van der Waals surface area (Å²) in [6, 6.07) is 5.37. The minimum Gasteiger partial charge on any atom is -0.268 e. The number of hydrogen-bond acceptors (Lipinski definition) is 2. The van der Waals surface area contributed by atoms with Crippen LogP contribution in [0.4, 0.5) is 32.0 Å². The molecule has 26 heavy (non-hydrogen) atoms. The lowest BCUT2D eigenvalue weighted by molar-refractivity contribution is -0.142. The van der Waals surface area contributed by atoms with Crippen LogP contribution in [0.1, 0.15) is 31.8 Å². The zero-order valence-electron chi connectivity index (χ0n) is 12.4. The highest BCUT2D eigenvalue weighted by Gasteiger charge is 2.43. The Morgan fingerprint density at radius 3 is 1.73 bits per heavy atom. The predicted molar refractivity (Wildman–Crippen MR) is 79.0 cm³/mol. The van der Waals surface area contributed by atoms with E-state index in [0.29, 0.717) is 0 Å². The van der Waals surface area contributed by atoms with E-state index in [-0.39, 0.29) is 28.2 Å². The minimum absolute atomic E-state index is 0.139. The van der Waals surface area contributed by atoms with Crippen LogP contribution in [0, 0.1) is 0 Å². The number of rotatable bonds is 1. The van der Waals surface area contributed by atoms with Gasteiger partial charge < -0.3 is 0 Å². The van der Waals surface area contributed by atoms with Crippen LogP contribution < -0.4 is 4.90 Å². The smallest absolute Gasteiger partial charge is 0.268 e. The number of carbonyl (C=O) groups excluding carboxylic acids is 2. The zero-order chi connectivity index (χ0) is 19.4. The molecular formula is C16H6ClF6NO2. The Kier molecular flexibility index (Phi) is 4.02. The van der Waals surface area contributed by atoms with Gasteiger partial charge in [-0.25, -0.2) is 4.90 Å². The second kappa shape index (κ2) is 5.73. The predicted octanol–water partition coefficient (Wildman–Crippen LogP) is 5.18. The number of carbonyl (C=O) groups is 2. The highest BCUT2D eigenvalue weighted by molar-refractivity contribution is 6.40. The van der Waals surface area contributed by atoms with E-state index < -0.39 is 46.0 Å². The lowest BCUT2D eigenvalue weighted by Gasteiger charge is -2.21. The fourth-order valence-corrected chi connectivity index (χ4v) is 2.85. The normalized spacial score (nSPS) is 14.8. The summed E-state index contributed by atoms with van der Waals surface area (Å²) in [4.78, 5) is 25.0. The van der Waals surface area contributed by atoms with Gasteiger partial charge in [-0.05, 0) is 24.3 Å². The molecule has 0 saturated carbocycles. The van der Waals surface area contributed by atoms with Crippen LogP contribution in [0.15, 0.2) is 36.4 Å². The molecule has 0 aromatic heterocycles. The van der Waals surface area contributed by atoms with Crippen molar-refractivity contribution in [1.82, 2.24) is 0 Å². The van der Waals surface area contributed by atoms with Gasteiger partial charge in [0.15, 0.2) is 0 Å². The second-order valence-electron chi connectivity index (χ2n) is 5.34. The van der Waals surface area contributed by atoms with Gasteiger partial charge in [0, 0.05) is 0 Å². The number of fused-ring (bicyclic) bond motifs is 1. The molecule has 0 N–H and O–H groups in total. The van der Waals surface area contributed by atoms with Crippen LogP contribution in [0.25, 0.3) is 0 Å². The van der Waals surface area contributed by atoms with Crippen LogP contribution in [0.5, 0.6) is 0 Å². The highest BCUT2D eigenvalue weighted by atomic mass is 35.5. The Hall–Kier alpha value is -2.55. The van der Waals surface area contributed by atoms with E-state index in [2.05, 4.69) is 0 Å². The quantitative estimate of drug-likeness (QED) is 0.494. The van der Waals surface area contributed by atoms with Crippen molar-refractivity contribution < 1.29 is 35.9 Å². The van der Waals surface area contributed by atoms with Gasteiger partial charge in [0.25, 0.3) is 11.8 Å². The summed E-state index contributed by atoms with van der Waals surface area (Å²) in [5.41, 5.74) is -4.72. The first-order valence-electron chi connectivity index (χ1n) is 6.88. The van der Waals surface area contributed by atoms with Gasteiger partial charge in [-0.2, -0.15) is 26.3 Å². The Bertz CT molecular complexity index is 900. The molecule has 0 radical (unpaired) electrons. The molecule has 0 fully saturated rings. The summed E-state index contributed by atoms with van der Waals surface area (Å²) in [6.45, 7) is 0. The average molecular weight is 394 g/mol. The number of benzene rings is 2. The van der Waals surface area contributed by atoms with Crippen LogP contribution in [0.2, 0.25) is 5.02 Å². The van der Waals surface area contributed by atoms with Gasteiger partial charge >= 0.3 is 12.4 Å². The maximum absolute atomic E-state index is 13.1. The number of anilines is 1. The van der Waals surface area contributed by atoms with E-state index in [0.717, 1.165) is 0 Å². The van der Waals surface area contributed by atoms with Crippen molar-refractivity contribution in [1.29, 1.82) is 0 Å². The SMILES string of the molecule is O=C1c2ccccc2C(=O)N1c1cc(C(F)(F)F)cc(C(F)(F)F)c1Cl. The van der Waals surface area contributed by atoms with Gasteiger partial charge in [0.2, 0.25) is 0 Å². The van der Waals surface area contributed by atoms with E-state index in [1.807, 2.05) is 0 Å². The lowest BCUT2D eigenvalue weighted by Crippen LogP contribution is -2.30. The van der Waals surface area contributed by atoms with Gasteiger partial charge in [0.05, 0.1) is 33.0 Å². The molecule has 0 bridgehead atoms. The van der Waals surface area contributed by atoms with Crippen LogP contribution in [0.3, 0.4) is 0 Å². The monoisotopic (exact) mass is 393 g/mol. The van der Waals surface area contributed by atoms with Gasteiger partial charge in [-0.1, -0.05) is 23.7 Å². The third-order valence-corrected chi connectivity index (χ3v) is 4.12. The molecule has 0 aliphatic carbocycles. The average Bonchev–Trinajstić information content (AvgIpc) is 2.78. The van der Waals surface area contributed by atoms with Crippen molar-refractivity contribution in [2.75, 3.05) is 4.90 Å². The lowest BCUT2D eigenvalue weighted by atomic mass is 10.1. The molecule has 3 nitrogen and oxygen atoms in total. The van der Waals surface area contributed by atoms with E-state index in [9.17, 15) is 35.9 Å². The third kappa shape index (κ3) is 2.82. The number of hydrogen-bond donors (Lipinski definition) is 0. The zero-order valence-corrected chi connectivity index (χ0v) is 13.1. The first-order chi connectivity index (χ1) is 11.9. The summed E-state index contributed by atoms with van der Waals surface area (Å²) < 4.78 is 78.3. The van der Waals surface area contributed by atoms with Crippen molar-refractivity contribution in [3.05, 3.63) is 63.7 Å². The summed E-state index contributed by atoms with van der Waals surface area (Å²) in [6.07, 6.45) is -10.4. The Morgan fingerprint density at radius 1 is 0.808 bits per heavy atom. The molecule has 0 unspecified atom stereocenters. The van der Waals surface area contributed by atoms with Crippen molar-refractivity contribution in [2.45, 2.75) is 12.4 Å². The molecule has 0 atom stereocenters. The first kappa shape index (κ1) is 18.2. The minimum atomic E-state index is -5.22. The van der Waals surface area contributed by atoms with Crippen molar-refractivity contribution in [3.8, 4) is 0 Å². The van der Waals surface area contributed by atoms with Crippen molar-refractivity contribution in [2.24, 2.45) is 0 Å². The number of imide groups is 1. The molecule has 1 aliphatic heterocycles. The maximum atomic E-state index is 13.1. The van der Waals surface area contributed by atoms with E-state index in [1.54, 1.807) is 0 Å². The molecule has 2 aromatic carbocycles. The molecule has 136 valence electrons. The van der Waals surface area contributed by atoms with Gasteiger partial charge in [-0.15, -0.1) is 0 Å². The fourth-order valence-electron chi connectivity index (χ4n) is 2.55. The Labute approximate surface area is 146 Å². The van der Waals surface area contributed by atoms with Crippen molar-refractivity contribution >= 4 is 29.1 Å². The molecule has 3 rings (SSSR count). The summed E-state index contributed by atoms with van der Waals surface area (Å²) in [7, 11) is 0. The van der Waals surface area contributed by atoms with Crippen molar-refractivity contribution in [3.63, 3.8) is 0 Å². The van der Waals surface area contributed by atoms with E-state index >= 15 is 0 Å². The van der Waals surface area contributed by atoms with Gasteiger partial charge in [0.1, 0.15) is 0 Å². The second-order valence-corrected chi connectivity index (χ2v) is 5.72. The number of halogens is 7. The number of amides is 2. The molecular weight excluding hydrogens is 388 g/mol. The Morgan fingerprint density at radius 2 is 1.31 bits per heavy atom. The Balaban J connectivity index is 2.26. The van der Waals surface area contributed by atoms with Crippen LogP contribution in [-0.4, -0.2) is 11.8 Å². The molecule has 10 heteroatoms. The molecule has 2 amide bonds. The van der Waals surface area contributed by atoms with E-state index in [4.69, 9.17) is 11.6 Å². The highest BCUT2D eigenvalue weighted by Crippen LogP contribution is 2.45. The first-order valence-corrected chi connectivity index (χ1v) is 7.26. The summed E-state index contributed by atoms with van der Waals surface area (Å²) in [5.74, 6) is -2.11. The molecule has 0 saturated heterocycles. The van der Waals surface area contributed by atoms with Crippen LogP contribution in [-0.2, 0) is 12.4 Å². The molecule has 1 aliphatic rings. The number of alkyl halides is 6.